The minimum absolute atomic E-state index is 0.116. The number of nitriles is 1. The van der Waals surface area contributed by atoms with Crippen LogP contribution in [-0.4, -0.2) is 18.5 Å². The number of thiophene rings is 1. The first-order valence-electron chi connectivity index (χ1n) is 11.2. The Labute approximate surface area is 209 Å². The van der Waals surface area contributed by atoms with Crippen molar-refractivity contribution >= 4 is 34.3 Å². The molecule has 6 nitrogen and oxygen atoms in total. The molecule has 0 aliphatic heterocycles. The smallest absolute Gasteiger partial charge is 0.416 e. The summed E-state index contributed by atoms with van der Waals surface area (Å²) in [6.07, 6.45) is 0.124. The second kappa shape index (κ2) is 10.4. The Morgan fingerprint density at radius 2 is 2.00 bits per heavy atom. The molecule has 36 heavy (non-hydrogen) atoms. The van der Waals surface area contributed by atoms with Crippen molar-refractivity contribution in [3.05, 3.63) is 69.3 Å². The zero-order valence-electron chi connectivity index (χ0n) is 19.2. The normalized spacial score (nSPS) is 13.6. The molecule has 0 fully saturated rings. The third-order valence-electron chi connectivity index (χ3n) is 5.63. The van der Waals surface area contributed by atoms with Crippen molar-refractivity contribution in [3.63, 3.8) is 0 Å². The molecule has 1 aliphatic carbocycles. The zero-order valence-corrected chi connectivity index (χ0v) is 20.0. The summed E-state index contributed by atoms with van der Waals surface area (Å²) in [6, 6.07) is 9.38. The number of carbonyl (C=O) groups excluding carboxylic acids is 2. The molecular formula is C26H21F3N2O4S. The lowest BCUT2D eigenvalue weighted by Crippen LogP contribution is -2.16. The number of amides is 1. The number of hydrogen-bond acceptors (Lipinski definition) is 6. The first kappa shape index (κ1) is 25.3. The number of fused-ring (bicyclic) bond motifs is 1. The number of rotatable bonds is 6. The Morgan fingerprint density at radius 1 is 1.22 bits per heavy atom. The van der Waals surface area contributed by atoms with Crippen LogP contribution >= 0.6 is 11.3 Å². The van der Waals surface area contributed by atoms with Crippen LogP contribution in [0.1, 0.15) is 51.9 Å². The number of alkyl halides is 3. The predicted octanol–water partition coefficient (Wildman–Crippen LogP) is 6.63. The molecule has 1 N–H and O–H groups in total. The highest BCUT2D eigenvalue weighted by Gasteiger charge is 2.31. The monoisotopic (exact) mass is 514 g/mol. The van der Waals surface area contributed by atoms with Gasteiger partial charge in [-0.1, -0.05) is 12.1 Å². The Balaban J connectivity index is 1.59. The molecule has 2 heterocycles. The van der Waals surface area contributed by atoms with Crippen molar-refractivity contribution in [2.75, 3.05) is 11.9 Å². The van der Waals surface area contributed by atoms with Gasteiger partial charge in [-0.15, -0.1) is 11.3 Å². The number of nitrogens with one attached hydrogen (secondary N) is 1. The predicted molar refractivity (Wildman–Crippen MR) is 128 cm³/mol. The number of ether oxygens (including phenoxy) is 1. The van der Waals surface area contributed by atoms with Gasteiger partial charge in [0.2, 0.25) is 0 Å². The summed E-state index contributed by atoms with van der Waals surface area (Å²) in [5.41, 5.74) is 0.296. The Kier molecular flexibility index (Phi) is 7.31. The van der Waals surface area contributed by atoms with Gasteiger partial charge in [-0.3, -0.25) is 4.79 Å². The van der Waals surface area contributed by atoms with Crippen LogP contribution in [0.25, 0.3) is 17.4 Å². The Morgan fingerprint density at radius 3 is 2.72 bits per heavy atom. The van der Waals surface area contributed by atoms with Crippen LogP contribution in [0, 0.1) is 11.3 Å². The van der Waals surface area contributed by atoms with E-state index in [1.807, 2.05) is 6.07 Å². The van der Waals surface area contributed by atoms with Crippen LogP contribution < -0.4 is 5.32 Å². The summed E-state index contributed by atoms with van der Waals surface area (Å²) >= 11 is 1.30. The molecule has 4 rings (SSSR count). The average Bonchev–Trinajstić information content (AvgIpc) is 3.46. The van der Waals surface area contributed by atoms with Crippen molar-refractivity contribution in [1.82, 2.24) is 0 Å². The standard InChI is InChI=1S/C26H21F3N2O4S/c1-2-34-25(33)22-19-8-3-4-9-21(19)36-24(22)31-23(32)16(14-30)13-18-10-11-20(35-18)15-6-5-7-17(12-15)26(27,28)29/h5-7,10-13H,2-4,8-9H2,1H3,(H,31,32). The van der Waals surface area contributed by atoms with Gasteiger partial charge in [-0.2, -0.15) is 18.4 Å². The molecule has 1 aliphatic rings. The van der Waals surface area contributed by atoms with E-state index < -0.39 is 23.6 Å². The summed E-state index contributed by atoms with van der Waals surface area (Å²) in [5, 5.41) is 12.6. The number of hydrogen-bond donors (Lipinski definition) is 1. The first-order valence-corrected chi connectivity index (χ1v) is 12.0. The summed E-state index contributed by atoms with van der Waals surface area (Å²) < 4.78 is 49.8. The van der Waals surface area contributed by atoms with E-state index in [0.717, 1.165) is 41.8 Å². The molecule has 0 unspecified atom stereocenters. The van der Waals surface area contributed by atoms with Crippen molar-refractivity contribution in [3.8, 4) is 17.4 Å². The van der Waals surface area contributed by atoms with Crippen molar-refractivity contribution in [2.24, 2.45) is 0 Å². The SMILES string of the molecule is CCOC(=O)c1c(NC(=O)C(C#N)=Cc2ccc(-c3cccc(C(F)(F)F)c3)o2)sc2c1CCCC2. The summed E-state index contributed by atoms with van der Waals surface area (Å²) in [6.45, 7) is 1.88. The van der Waals surface area contributed by atoms with E-state index in [4.69, 9.17) is 9.15 Å². The Bertz CT molecular complexity index is 1380. The first-order chi connectivity index (χ1) is 17.2. The fourth-order valence-electron chi connectivity index (χ4n) is 3.97. The van der Waals surface area contributed by atoms with Crippen LogP contribution in [0.4, 0.5) is 18.2 Å². The zero-order chi connectivity index (χ0) is 25.9. The van der Waals surface area contributed by atoms with Crippen LogP contribution in [0.3, 0.4) is 0 Å². The van der Waals surface area contributed by atoms with Crippen molar-refractivity contribution in [1.29, 1.82) is 5.26 Å². The van der Waals surface area contributed by atoms with E-state index in [0.29, 0.717) is 17.0 Å². The number of carbonyl (C=O) groups is 2. The van der Waals surface area contributed by atoms with Gasteiger partial charge in [-0.05, 0) is 62.4 Å². The van der Waals surface area contributed by atoms with Crippen LogP contribution in [0.5, 0.6) is 0 Å². The molecule has 0 spiro atoms. The molecule has 0 saturated carbocycles. The lowest BCUT2D eigenvalue weighted by Gasteiger charge is -2.12. The van der Waals surface area contributed by atoms with Gasteiger partial charge in [0.05, 0.1) is 17.7 Å². The topological polar surface area (TPSA) is 92.3 Å². The molecule has 10 heteroatoms. The molecule has 0 radical (unpaired) electrons. The highest BCUT2D eigenvalue weighted by Crippen LogP contribution is 2.39. The minimum atomic E-state index is -4.50. The summed E-state index contributed by atoms with van der Waals surface area (Å²) in [5.74, 6) is -0.990. The Hall–Kier alpha value is -3.84. The van der Waals surface area contributed by atoms with E-state index in [1.165, 1.54) is 41.7 Å². The van der Waals surface area contributed by atoms with Gasteiger partial charge in [0.1, 0.15) is 28.2 Å². The second-order valence-corrected chi connectivity index (χ2v) is 9.15. The number of esters is 1. The molecule has 0 atom stereocenters. The van der Waals surface area contributed by atoms with E-state index in [9.17, 15) is 28.0 Å². The number of anilines is 1. The van der Waals surface area contributed by atoms with Crippen LogP contribution in [-0.2, 0) is 28.5 Å². The molecule has 186 valence electrons. The molecule has 1 aromatic carbocycles. The largest absolute Gasteiger partial charge is 0.462 e. The average molecular weight is 515 g/mol. The van der Waals surface area contributed by atoms with Crippen LogP contribution in [0.15, 0.2) is 46.4 Å². The number of furan rings is 1. The lowest BCUT2D eigenvalue weighted by molar-refractivity contribution is -0.137. The van der Waals surface area contributed by atoms with Crippen LogP contribution in [0.2, 0.25) is 0 Å². The fourth-order valence-corrected chi connectivity index (χ4v) is 5.24. The van der Waals surface area contributed by atoms with E-state index in [1.54, 1.807) is 6.92 Å². The fraction of sp³-hybridized carbons (Fsp3) is 0.269. The summed E-state index contributed by atoms with van der Waals surface area (Å²) in [4.78, 5) is 26.5. The highest BCUT2D eigenvalue weighted by atomic mass is 32.1. The number of benzene rings is 1. The number of nitrogens with zero attached hydrogens (tertiary/aromatic N) is 1. The quantitative estimate of drug-likeness (QED) is 0.227. The molecule has 2 aromatic heterocycles. The molecule has 1 amide bonds. The van der Waals surface area contributed by atoms with Crippen molar-refractivity contribution < 1.29 is 31.9 Å². The second-order valence-electron chi connectivity index (χ2n) is 8.04. The third kappa shape index (κ3) is 5.36. The molecule has 3 aromatic rings. The number of halogens is 3. The van der Waals surface area contributed by atoms with Gasteiger partial charge in [0, 0.05) is 16.5 Å². The molecular weight excluding hydrogens is 493 g/mol. The maximum Gasteiger partial charge on any atom is 0.416 e. The minimum Gasteiger partial charge on any atom is -0.462 e. The highest BCUT2D eigenvalue weighted by molar-refractivity contribution is 7.17. The van der Waals surface area contributed by atoms with Gasteiger partial charge >= 0.3 is 12.1 Å². The number of aryl methyl sites for hydroxylation is 1. The van der Waals surface area contributed by atoms with Crippen molar-refractivity contribution in [2.45, 2.75) is 38.8 Å². The maximum absolute atomic E-state index is 13.0. The van der Waals surface area contributed by atoms with E-state index in [2.05, 4.69) is 5.32 Å². The lowest BCUT2D eigenvalue weighted by atomic mass is 9.95. The summed E-state index contributed by atoms with van der Waals surface area (Å²) in [7, 11) is 0. The third-order valence-corrected chi connectivity index (χ3v) is 6.84. The van der Waals surface area contributed by atoms with Gasteiger partial charge in [-0.25, -0.2) is 4.79 Å². The van der Waals surface area contributed by atoms with Gasteiger partial charge in [0.15, 0.2) is 0 Å². The van der Waals surface area contributed by atoms with E-state index in [-0.39, 0.29) is 29.3 Å². The molecule has 0 saturated heterocycles. The van der Waals surface area contributed by atoms with Gasteiger partial charge in [0.25, 0.3) is 5.91 Å². The molecule has 0 bridgehead atoms. The maximum atomic E-state index is 13.0. The van der Waals surface area contributed by atoms with E-state index >= 15 is 0 Å². The van der Waals surface area contributed by atoms with Gasteiger partial charge < -0.3 is 14.5 Å².